The zero-order valence-corrected chi connectivity index (χ0v) is 62.4. The van der Waals surface area contributed by atoms with E-state index in [0.717, 1.165) is 37.0 Å². The number of nitrogens with one attached hydrogen (secondary N) is 3. The van der Waals surface area contributed by atoms with Crippen LogP contribution in [0.25, 0.3) is 17.5 Å². The molecule has 9 atom stereocenters. The van der Waals surface area contributed by atoms with Crippen LogP contribution in [0.15, 0.2) is 92.4 Å². The number of methoxy groups -OCH3 is 2. The number of aliphatic imine (C=N–C) groups is 3. The molecule has 5 unspecified atom stereocenters. The number of benzene rings is 1. The molecule has 4 aromatic rings. The van der Waals surface area contributed by atoms with E-state index in [1.54, 1.807) is 38.8 Å². The molecule has 6 bridgehead atoms. The summed E-state index contributed by atoms with van der Waals surface area (Å²) in [7, 11) is -6.39. The zero-order chi connectivity index (χ0) is 73.8. The fourth-order valence-electron chi connectivity index (χ4n) is 11.9. The summed E-state index contributed by atoms with van der Waals surface area (Å²) in [6.45, 7) is 9.56. The first-order valence-electron chi connectivity index (χ1n) is 33.7. The second kappa shape index (κ2) is 40.4. The number of rotatable bonds is 40. The van der Waals surface area contributed by atoms with Crippen molar-refractivity contribution in [3.8, 4) is 11.5 Å². The fourth-order valence-corrected chi connectivity index (χ4v) is 14.0. The van der Waals surface area contributed by atoms with Gasteiger partial charge in [0.1, 0.15) is 50.1 Å². The summed E-state index contributed by atoms with van der Waals surface area (Å²) in [5.41, 5.74) is 3.88. The number of halogens is 2. The Balaban J connectivity index is 0.0000137. The maximum atomic E-state index is 14.3. The summed E-state index contributed by atoms with van der Waals surface area (Å²) in [5, 5.41) is 28.1. The predicted molar refractivity (Wildman–Crippen MR) is 371 cm³/mol. The number of allylic oxidation sites excluding steroid dienone is 3. The van der Waals surface area contributed by atoms with Gasteiger partial charge in [0.05, 0.1) is 127 Å². The van der Waals surface area contributed by atoms with Gasteiger partial charge in [-0.1, -0.05) is 54.3 Å². The molecule has 0 saturated carbocycles. The van der Waals surface area contributed by atoms with Crippen LogP contribution in [0.5, 0.6) is 11.5 Å². The molecule has 7 N–H and O–H groups in total. The van der Waals surface area contributed by atoms with Gasteiger partial charge in [-0.15, -0.1) is 17.1 Å². The minimum Gasteiger partial charge on any atom is -0.674 e. The topological polar surface area (TPSA) is 422 Å². The van der Waals surface area contributed by atoms with Gasteiger partial charge in [-0.3, -0.25) is 52.2 Å². The third-order valence-electron chi connectivity index (χ3n) is 17.1. The number of phosphoric ester groups is 1. The van der Waals surface area contributed by atoms with Gasteiger partial charge in [-0.05, 0) is 69.7 Å². The number of aliphatic hydroxyl groups is 2. The number of aliphatic hydroxyl groups excluding tert-OH is 2. The van der Waals surface area contributed by atoms with Crippen molar-refractivity contribution >= 4 is 57.2 Å². The number of nitrogens with zero attached hydrogens (tertiary/aromatic N) is 7. The third-order valence-corrected chi connectivity index (χ3v) is 19.4. The van der Waals surface area contributed by atoms with Gasteiger partial charge in [0.2, 0.25) is 11.6 Å². The Morgan fingerprint density at radius 3 is 1.70 bits per heavy atom. The van der Waals surface area contributed by atoms with Gasteiger partial charge in [0, 0.05) is 45.7 Å². The summed E-state index contributed by atoms with van der Waals surface area (Å²) in [4.78, 5) is 94.8. The van der Waals surface area contributed by atoms with Crippen molar-refractivity contribution in [2.45, 2.75) is 122 Å². The van der Waals surface area contributed by atoms with Crippen molar-refractivity contribution in [1.82, 2.24) is 29.2 Å². The number of H-pyrrole nitrogens is 2. The van der Waals surface area contributed by atoms with Crippen molar-refractivity contribution in [3.63, 3.8) is 0 Å². The number of phosphoric acid groups is 1. The van der Waals surface area contributed by atoms with Crippen LogP contribution in [0.3, 0.4) is 0 Å². The maximum absolute atomic E-state index is 14.3. The zero-order valence-electron chi connectivity index (χ0n) is 58.3. The molecule has 0 aliphatic carbocycles. The van der Waals surface area contributed by atoms with E-state index in [-0.39, 0.29) is 112 Å². The van der Waals surface area contributed by atoms with Crippen LogP contribution in [-0.2, 0) is 73.4 Å². The number of ether oxygens (including phenoxy) is 10. The van der Waals surface area contributed by atoms with Gasteiger partial charge in [-0.2, -0.15) is 8.78 Å². The molecule has 0 radical (unpaired) electrons. The Labute approximate surface area is 629 Å². The van der Waals surface area contributed by atoms with Crippen LogP contribution in [0.2, 0.25) is 0 Å². The number of aromatic amines is 2. The molecule has 0 amide bonds. The fraction of sp³-hybridized carbons (Fsp3) is 0.561. The Morgan fingerprint density at radius 1 is 0.673 bits per heavy atom. The normalized spacial score (nSPS) is 22.3. The monoisotopic (exact) mass is 1650 g/mol. The van der Waals surface area contributed by atoms with Crippen LogP contribution >= 0.6 is 15.6 Å². The van der Waals surface area contributed by atoms with E-state index in [4.69, 9.17) is 86.2 Å². The Kier molecular flexibility index (Phi) is 32.6. The molecule has 33 nitrogen and oxygen atoms in total. The van der Waals surface area contributed by atoms with E-state index in [1.165, 1.54) is 0 Å². The van der Waals surface area contributed by atoms with Gasteiger partial charge >= 0.3 is 66.9 Å². The van der Waals surface area contributed by atoms with Gasteiger partial charge in [0.15, 0.2) is 11.5 Å². The van der Waals surface area contributed by atoms with Crippen molar-refractivity contribution in [3.05, 3.63) is 139 Å². The molecular weight excluding hydrogens is 1560 g/mol. The summed E-state index contributed by atoms with van der Waals surface area (Å²) >= 11 is 0. The molecule has 0 spiro atoms. The Hall–Kier alpha value is -5.77. The van der Waals surface area contributed by atoms with Crippen LogP contribution < -0.4 is 42.0 Å². The van der Waals surface area contributed by atoms with Crippen molar-refractivity contribution in [1.29, 1.82) is 0 Å². The SMILES string of the molecule is CCc1c2[n-]c(c1CC)/C=C1\[N-]C(C=Nc3cc(OCCOCCOCCOC)c(OCCOCCOCCOC)cc3N=CC3=N/C(=C\2)C(CCCOP(=O)(O)OC2C[C@H](n4cc(F)c(=O)[nH]c4=O)O[C@@H]2CO)=C3C)C(C)=C1CCCNP(=O)(O)OC1C[C@H](n2cc(F)c(=O)[nH]c2=O)O[C@@H]1CO.[Gd+2]. The van der Waals surface area contributed by atoms with Gasteiger partial charge in [0.25, 0.3) is 11.1 Å². The van der Waals surface area contributed by atoms with E-state index in [2.05, 4.69) is 5.09 Å². The van der Waals surface area contributed by atoms with E-state index >= 15 is 0 Å². The summed E-state index contributed by atoms with van der Waals surface area (Å²) in [6.07, 6.45) is 2.40. The van der Waals surface area contributed by atoms with E-state index in [9.17, 15) is 57.1 Å². The smallest absolute Gasteiger partial charge is 0.674 e. The van der Waals surface area contributed by atoms with E-state index < -0.39 is 106 Å². The molecule has 2 saturated heterocycles. The van der Waals surface area contributed by atoms with Crippen molar-refractivity contribution in [2.24, 2.45) is 15.0 Å². The molecule has 8 heterocycles. The number of hydrogen-bond acceptors (Lipinski definition) is 24. The number of hydrogen-bond donors (Lipinski definition) is 7. The van der Waals surface area contributed by atoms with Crippen molar-refractivity contribution in [2.75, 3.05) is 120 Å². The van der Waals surface area contributed by atoms with Crippen LogP contribution in [0.1, 0.15) is 101 Å². The molecule has 5 aliphatic rings. The third kappa shape index (κ3) is 22.7. The minimum atomic E-state index is -4.91. The molecule has 1 aromatic carbocycles. The number of fused-ring (bicyclic) bond motifs is 6. The molecule has 572 valence electrons. The first-order valence-corrected chi connectivity index (χ1v) is 36.7. The second-order valence-corrected chi connectivity index (χ2v) is 27.0. The quantitative estimate of drug-likeness (QED) is 0.0210. The molecule has 104 heavy (non-hydrogen) atoms. The average molecular weight is 1650 g/mol. The Bertz CT molecular complexity index is 4170. The summed E-state index contributed by atoms with van der Waals surface area (Å²) in [6, 6.07) is 2.72. The Morgan fingerprint density at radius 2 is 1.17 bits per heavy atom. The van der Waals surface area contributed by atoms with Gasteiger partial charge < -0.3 is 77.7 Å². The molecule has 9 rings (SSSR count). The number of aromatic nitrogens is 5. The van der Waals surface area contributed by atoms with Crippen LogP contribution in [0, 0.1) is 51.6 Å². The average Bonchev–Trinajstić information content (AvgIpc) is 1.60. The predicted octanol–water partition coefficient (Wildman–Crippen LogP) is 5.61. The summed E-state index contributed by atoms with van der Waals surface area (Å²) < 4.78 is 131. The van der Waals surface area contributed by atoms with Gasteiger partial charge in [-0.25, -0.2) is 28.8 Å². The standard InChI is InChI=1S/C66H90F2N10O23P2.Gd/c1-7-41-42(8-2)48-28-50-44(12-10-14-97-103(87,88)101-58-32-62(99-60(58)38-80)78-36-46(68)64(82)76-66(78)84)40(4)54(74-50)34-70-52-30-56(96-26-24-94-22-20-92-18-16-90-6)55(95-25-23-93-21-19-91-17-15-89-5)29-51(52)69-33-53-39(3)43(49(73-53)27-47(41)72-48)11-9-13-71-102(85,86)100-57-31-61(98-59(57)37-79)77-35-45(67)63(81)75-65(77)83;/h27-30,33-36,53,57-62,79-80H,7-26,31-32,37-38H2,1-6H3,(H7,70,71,72,73,74,75,76,81,82,83,84,85,86,87,88);/q;+2/p-2/t53?,57?,58?,59-,60-,61-,62-;/m1./s1. The molecule has 5 aliphatic heterocycles. The van der Waals surface area contributed by atoms with Crippen molar-refractivity contribution < 1.29 is 139 Å². The van der Waals surface area contributed by atoms with E-state index in [0.29, 0.717) is 141 Å². The molecule has 2 fully saturated rings. The molecular formula is C66H88F2GdN10O23P2. The van der Waals surface area contributed by atoms with Crippen LogP contribution in [0.4, 0.5) is 20.2 Å². The first-order chi connectivity index (χ1) is 49.6. The summed E-state index contributed by atoms with van der Waals surface area (Å²) in [5.74, 6) is -1.94. The largest absolute Gasteiger partial charge is 2.00 e. The minimum absolute atomic E-state index is 0. The second-order valence-electron chi connectivity index (χ2n) is 24.0. The van der Waals surface area contributed by atoms with Crippen LogP contribution in [-0.4, -0.2) is 208 Å². The molecule has 3 aromatic heterocycles. The van der Waals surface area contributed by atoms with E-state index in [1.807, 2.05) is 49.8 Å². The molecule has 38 heteroatoms. The first kappa shape index (κ1) is 83.9. The maximum Gasteiger partial charge on any atom is 2.00 e.